The molecule has 8 heteroatoms. The molecule has 1 atom stereocenters. The lowest BCUT2D eigenvalue weighted by Crippen LogP contribution is -2.46. The van der Waals surface area contributed by atoms with Gasteiger partial charge >= 0.3 is 0 Å². The van der Waals surface area contributed by atoms with E-state index in [9.17, 15) is 4.79 Å². The van der Waals surface area contributed by atoms with Crippen LogP contribution < -0.4 is 5.32 Å². The topological polar surface area (TPSA) is 75.4 Å². The number of rotatable bonds is 1. The summed E-state index contributed by atoms with van der Waals surface area (Å²) >= 11 is 1.78. The van der Waals surface area contributed by atoms with Gasteiger partial charge in [0, 0.05) is 31.1 Å². The Labute approximate surface area is 155 Å². The van der Waals surface area contributed by atoms with E-state index in [-0.39, 0.29) is 11.7 Å². The molecule has 2 aliphatic rings. The Hall–Kier alpha value is -2.06. The summed E-state index contributed by atoms with van der Waals surface area (Å²) in [4.78, 5) is 26.6. The van der Waals surface area contributed by atoms with Gasteiger partial charge in [0.25, 0.3) is 5.91 Å². The van der Waals surface area contributed by atoms with Crippen molar-refractivity contribution in [2.75, 3.05) is 26.2 Å². The second-order valence-corrected chi connectivity index (χ2v) is 8.37. The molecule has 1 aliphatic heterocycles. The minimum Gasteiger partial charge on any atom is -0.333 e. The highest BCUT2D eigenvalue weighted by Crippen LogP contribution is 2.42. The van der Waals surface area contributed by atoms with E-state index in [1.165, 1.54) is 23.3 Å². The largest absolute Gasteiger partial charge is 0.333 e. The molecule has 1 aliphatic carbocycles. The smallest absolute Gasteiger partial charge is 0.293 e. The van der Waals surface area contributed by atoms with Gasteiger partial charge in [0.2, 0.25) is 5.82 Å². The van der Waals surface area contributed by atoms with Crippen molar-refractivity contribution < 1.29 is 4.79 Å². The van der Waals surface area contributed by atoms with Crippen LogP contribution in [-0.2, 0) is 6.42 Å². The highest BCUT2D eigenvalue weighted by molar-refractivity contribution is 7.19. The SMILES string of the molecule is Cc1nc2sc3c(c2c2nc(C(=O)N4CCNCC4)nn12)[C@H](C)CCC3. The molecule has 7 nitrogen and oxygen atoms in total. The quantitative estimate of drug-likeness (QED) is 0.710. The molecule has 0 saturated carbocycles. The molecule has 1 fully saturated rings. The van der Waals surface area contributed by atoms with Crippen molar-refractivity contribution in [2.24, 2.45) is 0 Å². The summed E-state index contributed by atoms with van der Waals surface area (Å²) in [6, 6.07) is 0. The molecule has 0 radical (unpaired) electrons. The van der Waals surface area contributed by atoms with E-state index >= 15 is 0 Å². The molecule has 5 rings (SSSR count). The highest BCUT2D eigenvalue weighted by Gasteiger charge is 2.28. The summed E-state index contributed by atoms with van der Waals surface area (Å²) in [5.41, 5.74) is 2.17. The number of thiophene rings is 1. The second kappa shape index (κ2) is 5.99. The molecule has 1 N–H and O–H groups in total. The van der Waals surface area contributed by atoms with Gasteiger partial charge in [-0.3, -0.25) is 4.79 Å². The highest BCUT2D eigenvalue weighted by atomic mass is 32.1. The first kappa shape index (κ1) is 16.1. The number of hydrogen-bond acceptors (Lipinski definition) is 6. The fourth-order valence-electron chi connectivity index (χ4n) is 4.19. The third-order valence-electron chi connectivity index (χ3n) is 5.53. The number of hydrogen-bond donors (Lipinski definition) is 1. The Kier molecular flexibility index (Phi) is 3.72. The Balaban J connectivity index is 1.69. The van der Waals surface area contributed by atoms with E-state index in [4.69, 9.17) is 9.97 Å². The molecule has 0 aromatic carbocycles. The molecule has 1 amide bonds. The van der Waals surface area contributed by atoms with Crippen LogP contribution in [0.2, 0.25) is 0 Å². The minimum absolute atomic E-state index is 0.0834. The number of nitrogens with one attached hydrogen (secondary N) is 1. The maximum absolute atomic E-state index is 12.9. The Morgan fingerprint density at radius 3 is 2.88 bits per heavy atom. The molecule has 1 saturated heterocycles. The van der Waals surface area contributed by atoms with Gasteiger partial charge in [-0.05, 0) is 37.7 Å². The molecule has 26 heavy (non-hydrogen) atoms. The van der Waals surface area contributed by atoms with Gasteiger partial charge in [-0.15, -0.1) is 16.4 Å². The van der Waals surface area contributed by atoms with Gasteiger partial charge in [0.05, 0.1) is 5.39 Å². The van der Waals surface area contributed by atoms with Gasteiger partial charge in [-0.25, -0.2) is 9.97 Å². The lowest BCUT2D eigenvalue weighted by Gasteiger charge is -2.26. The van der Waals surface area contributed by atoms with Crippen molar-refractivity contribution in [3.05, 3.63) is 22.1 Å². The average Bonchev–Trinajstić information content (AvgIpc) is 3.24. The maximum atomic E-state index is 12.9. The first-order valence-corrected chi connectivity index (χ1v) is 10.1. The molecule has 0 unspecified atom stereocenters. The number of nitrogens with zero attached hydrogens (tertiary/aromatic N) is 5. The molecule has 4 heterocycles. The number of aromatic nitrogens is 4. The zero-order valence-corrected chi connectivity index (χ0v) is 15.9. The first-order chi connectivity index (χ1) is 12.6. The fraction of sp³-hybridized carbons (Fsp3) is 0.556. The summed E-state index contributed by atoms with van der Waals surface area (Å²) in [6.07, 6.45) is 3.54. The molecule has 3 aromatic heterocycles. The number of piperazine rings is 1. The van der Waals surface area contributed by atoms with Crippen molar-refractivity contribution >= 4 is 33.1 Å². The molecular weight excluding hydrogens is 348 g/mol. The van der Waals surface area contributed by atoms with E-state index in [1.54, 1.807) is 15.9 Å². The van der Waals surface area contributed by atoms with Crippen molar-refractivity contribution in [1.82, 2.24) is 29.8 Å². The zero-order chi connectivity index (χ0) is 17.8. The third-order valence-corrected chi connectivity index (χ3v) is 6.69. The molecule has 3 aromatic rings. The van der Waals surface area contributed by atoms with Crippen LogP contribution in [0.4, 0.5) is 0 Å². The zero-order valence-electron chi connectivity index (χ0n) is 15.1. The molecular formula is C18H22N6OS. The molecule has 0 bridgehead atoms. The van der Waals surface area contributed by atoms with E-state index in [2.05, 4.69) is 17.3 Å². The van der Waals surface area contributed by atoms with Gasteiger partial charge < -0.3 is 10.2 Å². The average molecular weight is 370 g/mol. The molecule has 0 spiro atoms. The minimum atomic E-state index is -0.0834. The van der Waals surface area contributed by atoms with E-state index in [0.29, 0.717) is 19.0 Å². The Morgan fingerprint density at radius 2 is 2.08 bits per heavy atom. The fourth-order valence-corrected chi connectivity index (χ4v) is 5.56. The third kappa shape index (κ3) is 2.35. The van der Waals surface area contributed by atoms with E-state index < -0.39 is 0 Å². The number of aryl methyl sites for hydroxylation is 2. The summed E-state index contributed by atoms with van der Waals surface area (Å²) in [6.45, 7) is 7.25. The van der Waals surface area contributed by atoms with Crippen LogP contribution in [0, 0.1) is 6.92 Å². The van der Waals surface area contributed by atoms with Crippen LogP contribution >= 0.6 is 11.3 Å². The summed E-state index contributed by atoms with van der Waals surface area (Å²) < 4.78 is 1.76. The second-order valence-electron chi connectivity index (χ2n) is 7.28. The van der Waals surface area contributed by atoms with Crippen molar-refractivity contribution in [1.29, 1.82) is 0 Å². The summed E-state index contributed by atoms with van der Waals surface area (Å²) in [5.74, 6) is 1.49. The Morgan fingerprint density at radius 1 is 1.27 bits per heavy atom. The predicted molar refractivity (Wildman–Crippen MR) is 101 cm³/mol. The van der Waals surface area contributed by atoms with Gasteiger partial charge in [-0.2, -0.15) is 4.52 Å². The maximum Gasteiger partial charge on any atom is 0.293 e. The standard InChI is InChI=1S/C18H22N6OS/c1-10-4-3-5-12-13(10)14-16-21-15(18(25)23-8-6-19-7-9-23)22-24(16)11(2)20-17(14)26-12/h10,19H,3-9H2,1-2H3/t10-/m1/s1. The summed E-state index contributed by atoms with van der Waals surface area (Å²) in [7, 11) is 0. The number of carbonyl (C=O) groups excluding carboxylic acids is 1. The van der Waals surface area contributed by atoms with Crippen molar-refractivity contribution in [3.8, 4) is 0 Å². The van der Waals surface area contributed by atoms with Crippen molar-refractivity contribution in [3.63, 3.8) is 0 Å². The van der Waals surface area contributed by atoms with Gasteiger partial charge in [0.1, 0.15) is 10.7 Å². The number of fused-ring (bicyclic) bond motifs is 5. The van der Waals surface area contributed by atoms with Crippen molar-refractivity contribution in [2.45, 2.75) is 39.0 Å². The number of carbonyl (C=O) groups is 1. The van der Waals surface area contributed by atoms with Gasteiger partial charge in [-0.1, -0.05) is 6.92 Å². The van der Waals surface area contributed by atoms with E-state index in [0.717, 1.165) is 41.2 Å². The normalized spacial score (nSPS) is 20.7. The van der Waals surface area contributed by atoms with Crippen LogP contribution in [0.25, 0.3) is 15.9 Å². The lowest BCUT2D eigenvalue weighted by molar-refractivity contribution is 0.0723. The van der Waals surface area contributed by atoms with Gasteiger partial charge in [0.15, 0.2) is 5.65 Å². The summed E-state index contributed by atoms with van der Waals surface area (Å²) in [5, 5.41) is 8.90. The Bertz CT molecular complexity index is 1020. The number of amides is 1. The van der Waals surface area contributed by atoms with Crippen LogP contribution in [0.15, 0.2) is 0 Å². The van der Waals surface area contributed by atoms with Crippen LogP contribution in [0.1, 0.15) is 52.6 Å². The van der Waals surface area contributed by atoms with E-state index in [1.807, 2.05) is 11.8 Å². The molecule has 136 valence electrons. The van der Waals surface area contributed by atoms with Crippen LogP contribution in [-0.4, -0.2) is 56.6 Å². The van der Waals surface area contributed by atoms with Crippen LogP contribution in [0.5, 0.6) is 0 Å². The predicted octanol–water partition coefficient (Wildman–Crippen LogP) is 2.13. The first-order valence-electron chi connectivity index (χ1n) is 9.32. The lowest BCUT2D eigenvalue weighted by atomic mass is 9.87. The van der Waals surface area contributed by atoms with Crippen LogP contribution in [0.3, 0.4) is 0 Å². The monoisotopic (exact) mass is 370 g/mol.